The Hall–Kier alpha value is -1.63. The highest BCUT2D eigenvalue weighted by atomic mass is 16.5. The summed E-state index contributed by atoms with van der Waals surface area (Å²) < 4.78 is 5.23. The molecule has 2 heterocycles. The molecule has 1 aliphatic rings. The van der Waals surface area contributed by atoms with Crippen molar-refractivity contribution in [2.45, 2.75) is 39.2 Å². The van der Waals surface area contributed by atoms with Gasteiger partial charge in [-0.3, -0.25) is 0 Å². The molecule has 1 saturated heterocycles. The highest BCUT2D eigenvalue weighted by molar-refractivity contribution is 5.44. The molecule has 0 amide bonds. The molecule has 21 heavy (non-hydrogen) atoms. The predicted molar refractivity (Wildman–Crippen MR) is 84.7 cm³/mol. The number of nitrogen functional groups attached to an aromatic ring is 1. The van der Waals surface area contributed by atoms with Gasteiger partial charge in [-0.15, -0.1) is 0 Å². The quantitative estimate of drug-likeness (QED) is 0.847. The fourth-order valence-corrected chi connectivity index (χ4v) is 2.71. The van der Waals surface area contributed by atoms with Gasteiger partial charge >= 0.3 is 0 Å². The fraction of sp³-hybridized carbons (Fsp3) is 0.786. The van der Waals surface area contributed by atoms with E-state index in [2.05, 4.69) is 38.6 Å². The maximum absolute atomic E-state index is 5.89. The van der Waals surface area contributed by atoms with Crippen molar-refractivity contribution in [1.29, 1.82) is 0 Å². The summed E-state index contributed by atoms with van der Waals surface area (Å²) in [4.78, 5) is 17.5. The highest BCUT2D eigenvalue weighted by Crippen LogP contribution is 2.20. The van der Waals surface area contributed by atoms with Crippen LogP contribution in [0.4, 0.5) is 17.8 Å². The van der Waals surface area contributed by atoms with Gasteiger partial charge in [0, 0.05) is 26.7 Å². The molecule has 1 atom stereocenters. The molecule has 7 nitrogen and oxygen atoms in total. The topological polar surface area (TPSA) is 80.4 Å². The first-order valence-electron chi connectivity index (χ1n) is 7.67. The fourth-order valence-electron chi connectivity index (χ4n) is 2.71. The minimum Gasteiger partial charge on any atom is -0.383 e. The summed E-state index contributed by atoms with van der Waals surface area (Å²) in [7, 11) is 1.70. The molecule has 0 bridgehead atoms. The van der Waals surface area contributed by atoms with Gasteiger partial charge in [0.05, 0.1) is 12.6 Å². The number of methoxy groups -OCH3 is 1. The van der Waals surface area contributed by atoms with E-state index in [1.807, 2.05) is 0 Å². The van der Waals surface area contributed by atoms with E-state index >= 15 is 0 Å². The maximum Gasteiger partial charge on any atom is 0.232 e. The Kier molecular flexibility index (Phi) is 5.55. The molecule has 1 fully saturated rings. The Labute approximate surface area is 126 Å². The van der Waals surface area contributed by atoms with Crippen LogP contribution in [0.3, 0.4) is 0 Å². The molecule has 2 rings (SSSR count). The van der Waals surface area contributed by atoms with Crippen LogP contribution in [0.15, 0.2) is 0 Å². The van der Waals surface area contributed by atoms with Crippen molar-refractivity contribution in [3.8, 4) is 0 Å². The van der Waals surface area contributed by atoms with Crippen molar-refractivity contribution in [3.63, 3.8) is 0 Å². The monoisotopic (exact) mass is 294 g/mol. The number of anilines is 3. The molecule has 118 valence electrons. The molecule has 2 N–H and O–H groups in total. The van der Waals surface area contributed by atoms with Crippen LogP contribution in [-0.4, -0.2) is 54.3 Å². The van der Waals surface area contributed by atoms with E-state index in [-0.39, 0.29) is 12.0 Å². The van der Waals surface area contributed by atoms with Crippen LogP contribution in [0.2, 0.25) is 0 Å². The van der Waals surface area contributed by atoms with E-state index in [0.717, 1.165) is 19.6 Å². The minimum atomic E-state index is 0.191. The molecule has 0 aromatic carbocycles. The lowest BCUT2D eigenvalue weighted by atomic mass is 10.1. The zero-order valence-corrected chi connectivity index (χ0v) is 13.2. The van der Waals surface area contributed by atoms with E-state index in [1.165, 1.54) is 19.3 Å². The minimum absolute atomic E-state index is 0.191. The summed E-state index contributed by atoms with van der Waals surface area (Å²) in [6.07, 6.45) is 3.63. The first-order chi connectivity index (χ1) is 10.2. The molecule has 0 spiro atoms. The van der Waals surface area contributed by atoms with Crippen LogP contribution >= 0.6 is 0 Å². The third-order valence-corrected chi connectivity index (χ3v) is 3.81. The Morgan fingerprint density at radius 3 is 2.57 bits per heavy atom. The van der Waals surface area contributed by atoms with Crippen molar-refractivity contribution < 1.29 is 4.74 Å². The van der Waals surface area contributed by atoms with Gasteiger partial charge in [-0.1, -0.05) is 0 Å². The number of ether oxygens (including phenoxy) is 1. The second kappa shape index (κ2) is 7.40. The molecule has 7 heteroatoms. The molecular weight excluding hydrogens is 268 g/mol. The molecule has 1 unspecified atom stereocenters. The smallest absolute Gasteiger partial charge is 0.232 e. The summed E-state index contributed by atoms with van der Waals surface area (Å²) in [6, 6.07) is 0.191. The van der Waals surface area contributed by atoms with Crippen LogP contribution in [0.5, 0.6) is 0 Å². The van der Waals surface area contributed by atoms with Crippen molar-refractivity contribution in [2.24, 2.45) is 0 Å². The van der Waals surface area contributed by atoms with Crippen LogP contribution in [0.25, 0.3) is 0 Å². The van der Waals surface area contributed by atoms with Crippen LogP contribution < -0.4 is 15.5 Å². The largest absolute Gasteiger partial charge is 0.383 e. The van der Waals surface area contributed by atoms with Crippen molar-refractivity contribution >= 4 is 17.8 Å². The first-order valence-corrected chi connectivity index (χ1v) is 7.67. The molecule has 1 aromatic rings. The second-order valence-corrected chi connectivity index (χ2v) is 5.43. The summed E-state index contributed by atoms with van der Waals surface area (Å²) in [6.45, 7) is 7.57. The maximum atomic E-state index is 5.89. The van der Waals surface area contributed by atoms with Gasteiger partial charge in [-0.2, -0.15) is 15.0 Å². The average Bonchev–Trinajstić information content (AvgIpc) is 2.48. The number of hydrogen-bond donors (Lipinski definition) is 1. The van der Waals surface area contributed by atoms with Crippen molar-refractivity contribution in [1.82, 2.24) is 15.0 Å². The van der Waals surface area contributed by atoms with E-state index in [4.69, 9.17) is 10.5 Å². The average molecular weight is 294 g/mol. The third-order valence-electron chi connectivity index (χ3n) is 3.81. The van der Waals surface area contributed by atoms with E-state index < -0.39 is 0 Å². The summed E-state index contributed by atoms with van der Waals surface area (Å²) in [5, 5.41) is 0. The molecule has 1 aliphatic heterocycles. The van der Waals surface area contributed by atoms with Gasteiger partial charge in [0.25, 0.3) is 0 Å². The zero-order valence-electron chi connectivity index (χ0n) is 13.2. The molecular formula is C14H26N6O. The zero-order chi connectivity index (χ0) is 15.2. The second-order valence-electron chi connectivity index (χ2n) is 5.43. The number of nitrogens with two attached hydrogens (primary N) is 1. The van der Waals surface area contributed by atoms with Gasteiger partial charge in [0.2, 0.25) is 17.8 Å². The lowest BCUT2D eigenvalue weighted by molar-refractivity contribution is 0.181. The van der Waals surface area contributed by atoms with Crippen molar-refractivity contribution in [3.05, 3.63) is 0 Å². The Morgan fingerprint density at radius 1 is 1.24 bits per heavy atom. The lowest BCUT2D eigenvalue weighted by Gasteiger charge is -2.30. The van der Waals surface area contributed by atoms with Gasteiger partial charge in [0.15, 0.2) is 0 Å². The van der Waals surface area contributed by atoms with Gasteiger partial charge in [-0.05, 0) is 33.1 Å². The normalized spacial score (nSPS) is 16.8. The number of piperidine rings is 1. The number of nitrogens with zero attached hydrogens (tertiary/aromatic N) is 5. The Bertz CT molecular complexity index is 449. The predicted octanol–water partition coefficient (Wildman–Crippen LogP) is 1.31. The third kappa shape index (κ3) is 3.93. The first kappa shape index (κ1) is 15.8. The van der Waals surface area contributed by atoms with Crippen LogP contribution in [0, 0.1) is 0 Å². The summed E-state index contributed by atoms with van der Waals surface area (Å²) in [5.74, 6) is 1.61. The summed E-state index contributed by atoms with van der Waals surface area (Å²) in [5.41, 5.74) is 5.89. The highest BCUT2D eigenvalue weighted by Gasteiger charge is 2.20. The van der Waals surface area contributed by atoms with Gasteiger partial charge in [-0.25, -0.2) is 0 Å². The van der Waals surface area contributed by atoms with Crippen LogP contribution in [-0.2, 0) is 4.74 Å². The van der Waals surface area contributed by atoms with Crippen molar-refractivity contribution in [2.75, 3.05) is 48.9 Å². The molecule has 0 aliphatic carbocycles. The summed E-state index contributed by atoms with van der Waals surface area (Å²) >= 11 is 0. The van der Waals surface area contributed by atoms with Crippen LogP contribution in [0.1, 0.15) is 33.1 Å². The number of aromatic nitrogens is 3. The molecule has 0 saturated carbocycles. The van der Waals surface area contributed by atoms with Gasteiger partial charge in [0.1, 0.15) is 0 Å². The van der Waals surface area contributed by atoms with E-state index in [9.17, 15) is 0 Å². The Balaban J connectivity index is 2.24. The number of hydrogen-bond acceptors (Lipinski definition) is 7. The number of rotatable bonds is 6. The van der Waals surface area contributed by atoms with Gasteiger partial charge < -0.3 is 20.3 Å². The SMILES string of the molecule is CCN(c1nc(N)nc(N2CCCCC2)n1)C(C)COC. The molecule has 0 radical (unpaired) electrons. The van der Waals surface area contributed by atoms with E-state index in [0.29, 0.717) is 18.5 Å². The number of likely N-dealkylation sites (N-methyl/N-ethyl adjacent to an activating group) is 1. The standard InChI is InChI=1S/C14H26N6O/c1-4-20(11(2)10-21-3)14-17-12(15)16-13(18-14)19-8-6-5-7-9-19/h11H,4-10H2,1-3H3,(H2,15,16,17,18). The lowest BCUT2D eigenvalue weighted by Crippen LogP contribution is -2.38. The van der Waals surface area contributed by atoms with E-state index in [1.54, 1.807) is 7.11 Å². The molecule has 1 aromatic heterocycles. The Morgan fingerprint density at radius 2 is 1.95 bits per heavy atom.